The van der Waals surface area contributed by atoms with Crippen molar-refractivity contribution in [2.24, 2.45) is 0 Å². The number of halogens is 2. The average Bonchev–Trinajstić information content (AvgIpc) is 3.25. The van der Waals surface area contributed by atoms with Crippen LogP contribution in [0.15, 0.2) is 85.1 Å². The van der Waals surface area contributed by atoms with E-state index in [2.05, 4.69) is 20.7 Å². The van der Waals surface area contributed by atoms with Crippen molar-refractivity contribution < 1.29 is 13.6 Å². The smallest absolute Gasteiger partial charge is 0.247 e. The van der Waals surface area contributed by atoms with Crippen LogP contribution in [0, 0.1) is 11.6 Å². The number of anilines is 4. The van der Waals surface area contributed by atoms with E-state index >= 15 is 0 Å². The Morgan fingerprint density at radius 1 is 0.914 bits per heavy atom. The third kappa shape index (κ3) is 4.93. The zero-order valence-electron chi connectivity index (χ0n) is 18.4. The number of hydrogen-bond donors (Lipinski definition) is 3. The molecule has 0 atom stereocenters. The monoisotopic (exact) mass is 470 g/mol. The van der Waals surface area contributed by atoms with Crippen LogP contribution in [0.2, 0.25) is 0 Å². The van der Waals surface area contributed by atoms with Gasteiger partial charge in [0.1, 0.15) is 0 Å². The highest BCUT2D eigenvalue weighted by molar-refractivity contribution is 5.92. The lowest BCUT2D eigenvalue weighted by Gasteiger charge is -2.07. The lowest BCUT2D eigenvalue weighted by atomic mass is 10.1. The lowest BCUT2D eigenvalue weighted by Crippen LogP contribution is -2.14. The molecule has 0 unspecified atom stereocenters. The molecule has 0 fully saturated rings. The molecule has 0 aliphatic rings. The summed E-state index contributed by atoms with van der Waals surface area (Å²) in [5, 5.41) is 10.4. The molecule has 0 bridgehead atoms. The Labute approximate surface area is 199 Å². The Balaban J connectivity index is 1.28. The van der Waals surface area contributed by atoms with E-state index in [1.807, 2.05) is 48.7 Å². The number of carbonyl (C=O) groups is 1. The van der Waals surface area contributed by atoms with Gasteiger partial charge in [-0.25, -0.2) is 13.3 Å². The molecule has 0 radical (unpaired) electrons. The number of amides is 1. The summed E-state index contributed by atoms with van der Waals surface area (Å²) in [5.41, 5.74) is 10.8. The molecule has 0 spiro atoms. The number of hydrogen-bond acceptors (Lipinski definition) is 5. The first kappa shape index (κ1) is 22.0. The summed E-state index contributed by atoms with van der Waals surface area (Å²) in [6, 6.07) is 21.9. The van der Waals surface area contributed by atoms with E-state index in [4.69, 9.17) is 5.73 Å². The van der Waals surface area contributed by atoms with Gasteiger partial charge in [-0.3, -0.25) is 4.79 Å². The number of nitrogens with one attached hydrogen (secondary N) is 2. The van der Waals surface area contributed by atoms with E-state index in [1.165, 1.54) is 6.07 Å². The standard InChI is InChI=1S/C26H20F2N6O/c27-20-11-5-16(13-21(20)28)14-25(35)30-19-9-6-17(7-10-19)18-8-12-24-32-26(33-34(24)15-18)31-23-4-2-1-3-22(23)29/h1-13,15H,14,29H2,(H,30,35)(H,31,33). The van der Waals surface area contributed by atoms with Gasteiger partial charge in [0.05, 0.1) is 17.8 Å². The molecule has 2 heterocycles. The molecule has 5 rings (SSSR count). The van der Waals surface area contributed by atoms with Crippen LogP contribution < -0.4 is 16.4 Å². The molecule has 4 N–H and O–H groups in total. The van der Waals surface area contributed by atoms with Crippen LogP contribution >= 0.6 is 0 Å². The second kappa shape index (κ2) is 9.22. The van der Waals surface area contributed by atoms with E-state index in [-0.39, 0.29) is 12.3 Å². The molecule has 9 heteroatoms. The van der Waals surface area contributed by atoms with Crippen LogP contribution in [0.3, 0.4) is 0 Å². The van der Waals surface area contributed by atoms with Crippen molar-refractivity contribution in [3.8, 4) is 11.1 Å². The number of rotatable bonds is 6. The quantitative estimate of drug-likeness (QED) is 0.297. The zero-order chi connectivity index (χ0) is 24.4. The zero-order valence-corrected chi connectivity index (χ0v) is 18.4. The van der Waals surface area contributed by atoms with E-state index in [0.717, 1.165) is 28.9 Å². The van der Waals surface area contributed by atoms with Crippen molar-refractivity contribution in [1.29, 1.82) is 0 Å². The van der Waals surface area contributed by atoms with Crippen molar-refractivity contribution in [2.75, 3.05) is 16.4 Å². The van der Waals surface area contributed by atoms with E-state index in [1.54, 1.807) is 22.7 Å². The van der Waals surface area contributed by atoms with Gasteiger partial charge in [0.15, 0.2) is 17.3 Å². The van der Waals surface area contributed by atoms with Gasteiger partial charge >= 0.3 is 0 Å². The minimum absolute atomic E-state index is 0.0626. The van der Waals surface area contributed by atoms with E-state index in [0.29, 0.717) is 28.5 Å². The first-order chi connectivity index (χ1) is 16.9. The Morgan fingerprint density at radius 2 is 1.69 bits per heavy atom. The average molecular weight is 470 g/mol. The maximum Gasteiger partial charge on any atom is 0.247 e. The molecule has 3 aromatic carbocycles. The number of nitrogens with two attached hydrogens (primary N) is 1. The minimum atomic E-state index is -0.976. The van der Waals surface area contributed by atoms with Gasteiger partial charge in [-0.2, -0.15) is 4.98 Å². The highest BCUT2D eigenvalue weighted by Gasteiger charge is 2.10. The highest BCUT2D eigenvalue weighted by atomic mass is 19.2. The SMILES string of the molecule is Nc1ccccc1Nc1nc2ccc(-c3ccc(NC(=O)Cc4ccc(F)c(F)c4)cc3)cn2n1. The fraction of sp³-hybridized carbons (Fsp3) is 0.0385. The molecule has 0 saturated heterocycles. The fourth-order valence-corrected chi connectivity index (χ4v) is 3.62. The number of benzene rings is 3. The Hall–Kier alpha value is -4.79. The van der Waals surface area contributed by atoms with Crippen LogP contribution in [-0.4, -0.2) is 20.5 Å². The molecular weight excluding hydrogens is 450 g/mol. The minimum Gasteiger partial charge on any atom is -0.397 e. The molecular formula is C26H20F2N6O. The number of para-hydroxylation sites is 2. The summed E-state index contributed by atoms with van der Waals surface area (Å²) >= 11 is 0. The van der Waals surface area contributed by atoms with Crippen LogP contribution in [0.4, 0.5) is 31.8 Å². The fourth-order valence-electron chi connectivity index (χ4n) is 3.62. The lowest BCUT2D eigenvalue weighted by molar-refractivity contribution is -0.115. The van der Waals surface area contributed by atoms with Crippen molar-refractivity contribution in [2.45, 2.75) is 6.42 Å². The Kier molecular flexibility index (Phi) is 5.80. The second-order valence-electron chi connectivity index (χ2n) is 7.92. The summed E-state index contributed by atoms with van der Waals surface area (Å²) in [7, 11) is 0. The predicted molar refractivity (Wildman–Crippen MR) is 131 cm³/mol. The Morgan fingerprint density at radius 3 is 2.46 bits per heavy atom. The number of pyridine rings is 1. The molecule has 174 valence electrons. The Bertz CT molecular complexity index is 1530. The molecule has 35 heavy (non-hydrogen) atoms. The van der Waals surface area contributed by atoms with Crippen LogP contribution in [0.1, 0.15) is 5.56 Å². The van der Waals surface area contributed by atoms with Crippen LogP contribution in [0.5, 0.6) is 0 Å². The summed E-state index contributed by atoms with van der Waals surface area (Å²) in [5.74, 6) is -1.82. The van der Waals surface area contributed by atoms with Crippen molar-refractivity contribution in [3.63, 3.8) is 0 Å². The molecule has 1 amide bonds. The number of nitrogen functional groups attached to an aromatic ring is 1. The molecule has 5 aromatic rings. The molecule has 0 saturated carbocycles. The molecule has 0 aliphatic heterocycles. The first-order valence-electron chi connectivity index (χ1n) is 10.8. The van der Waals surface area contributed by atoms with Gasteiger partial charge in [0.2, 0.25) is 11.9 Å². The van der Waals surface area contributed by atoms with Gasteiger partial charge < -0.3 is 16.4 Å². The molecule has 0 aliphatic carbocycles. The summed E-state index contributed by atoms with van der Waals surface area (Å²) in [6.45, 7) is 0. The van der Waals surface area contributed by atoms with Gasteiger partial charge in [-0.15, -0.1) is 5.10 Å². The number of aromatic nitrogens is 3. The van der Waals surface area contributed by atoms with Crippen molar-refractivity contribution in [3.05, 3.63) is 102 Å². The second-order valence-corrected chi connectivity index (χ2v) is 7.92. The summed E-state index contributed by atoms with van der Waals surface area (Å²) in [6.07, 6.45) is 1.80. The maximum absolute atomic E-state index is 13.3. The largest absolute Gasteiger partial charge is 0.397 e. The molecule has 7 nitrogen and oxygen atoms in total. The number of carbonyl (C=O) groups excluding carboxylic acids is 1. The summed E-state index contributed by atoms with van der Waals surface area (Å²) < 4.78 is 28.1. The topological polar surface area (TPSA) is 97.3 Å². The third-order valence-corrected chi connectivity index (χ3v) is 5.39. The van der Waals surface area contributed by atoms with Crippen LogP contribution in [0.25, 0.3) is 16.8 Å². The predicted octanol–water partition coefficient (Wildman–Crippen LogP) is 5.18. The van der Waals surface area contributed by atoms with Gasteiger partial charge in [-0.05, 0) is 59.7 Å². The van der Waals surface area contributed by atoms with Crippen LogP contribution in [-0.2, 0) is 11.2 Å². The van der Waals surface area contributed by atoms with E-state index < -0.39 is 11.6 Å². The van der Waals surface area contributed by atoms with Gasteiger partial charge in [-0.1, -0.05) is 30.3 Å². The highest BCUT2D eigenvalue weighted by Crippen LogP contribution is 2.24. The first-order valence-corrected chi connectivity index (χ1v) is 10.8. The van der Waals surface area contributed by atoms with Crippen molar-refractivity contribution >= 4 is 34.6 Å². The number of nitrogens with zero attached hydrogens (tertiary/aromatic N) is 3. The maximum atomic E-state index is 13.3. The number of fused-ring (bicyclic) bond motifs is 1. The third-order valence-electron chi connectivity index (χ3n) is 5.39. The normalized spacial score (nSPS) is 10.9. The van der Waals surface area contributed by atoms with Gasteiger partial charge in [0, 0.05) is 17.4 Å². The van der Waals surface area contributed by atoms with E-state index in [9.17, 15) is 13.6 Å². The van der Waals surface area contributed by atoms with Gasteiger partial charge in [0.25, 0.3) is 0 Å². The summed E-state index contributed by atoms with van der Waals surface area (Å²) in [4.78, 5) is 16.7. The van der Waals surface area contributed by atoms with Crippen molar-refractivity contribution in [1.82, 2.24) is 14.6 Å². The molecule has 2 aromatic heterocycles.